The maximum absolute atomic E-state index is 12.5. The van der Waals surface area contributed by atoms with E-state index in [0.29, 0.717) is 6.04 Å². The monoisotopic (exact) mass is 291 g/mol. The molecule has 2 rings (SSSR count). The predicted octanol–water partition coefficient (Wildman–Crippen LogP) is 4.64. The molecule has 1 aromatic rings. The predicted molar refractivity (Wildman–Crippen MR) is 86.4 cm³/mol. The van der Waals surface area contributed by atoms with Crippen molar-refractivity contribution in [2.45, 2.75) is 62.8 Å². The van der Waals surface area contributed by atoms with E-state index in [4.69, 9.17) is 0 Å². The van der Waals surface area contributed by atoms with Crippen molar-refractivity contribution in [3.63, 3.8) is 0 Å². The number of nitrogens with one attached hydrogen (secondary N) is 1. The third-order valence-corrected chi connectivity index (χ3v) is 4.83. The maximum Gasteiger partial charge on any atom is 0.252 e. The third kappa shape index (κ3) is 4.55. The van der Waals surface area contributed by atoms with Crippen molar-refractivity contribution in [1.29, 1.82) is 0 Å². The third-order valence-electron chi connectivity index (χ3n) is 3.87. The SMILES string of the molecule is CCSc1ccccc1C(=O)NC1CCCCCCC1. The van der Waals surface area contributed by atoms with Crippen molar-refractivity contribution in [3.8, 4) is 0 Å². The molecule has 1 aromatic carbocycles. The molecule has 0 atom stereocenters. The van der Waals surface area contributed by atoms with Gasteiger partial charge in [0.05, 0.1) is 5.56 Å². The zero-order chi connectivity index (χ0) is 14.2. The fourth-order valence-corrected chi connectivity index (χ4v) is 3.60. The molecule has 0 radical (unpaired) electrons. The number of carbonyl (C=O) groups is 1. The van der Waals surface area contributed by atoms with E-state index in [9.17, 15) is 4.79 Å². The van der Waals surface area contributed by atoms with Crippen LogP contribution in [0.2, 0.25) is 0 Å². The first-order chi connectivity index (χ1) is 9.81. The van der Waals surface area contributed by atoms with E-state index in [1.807, 2.05) is 24.3 Å². The van der Waals surface area contributed by atoms with Crippen LogP contribution in [0.1, 0.15) is 62.2 Å². The Labute approximate surface area is 126 Å². The summed E-state index contributed by atoms with van der Waals surface area (Å²) in [5, 5.41) is 3.25. The van der Waals surface area contributed by atoms with Gasteiger partial charge in [-0.05, 0) is 30.7 Å². The molecule has 20 heavy (non-hydrogen) atoms. The Morgan fingerprint density at radius 3 is 2.50 bits per heavy atom. The molecule has 0 aromatic heterocycles. The number of hydrogen-bond donors (Lipinski definition) is 1. The van der Waals surface area contributed by atoms with Crippen molar-refractivity contribution < 1.29 is 4.79 Å². The van der Waals surface area contributed by atoms with Crippen molar-refractivity contribution in [2.75, 3.05) is 5.75 Å². The molecule has 1 fully saturated rings. The summed E-state index contributed by atoms with van der Waals surface area (Å²) in [4.78, 5) is 13.6. The second-order valence-corrected chi connectivity index (χ2v) is 6.75. The largest absolute Gasteiger partial charge is 0.349 e. The quantitative estimate of drug-likeness (QED) is 0.819. The first kappa shape index (κ1) is 15.4. The topological polar surface area (TPSA) is 29.1 Å². The van der Waals surface area contributed by atoms with Crippen molar-refractivity contribution in [2.24, 2.45) is 0 Å². The van der Waals surface area contributed by atoms with Gasteiger partial charge in [-0.2, -0.15) is 0 Å². The molecule has 0 heterocycles. The van der Waals surface area contributed by atoms with Crippen LogP contribution < -0.4 is 5.32 Å². The van der Waals surface area contributed by atoms with Gasteiger partial charge in [0.2, 0.25) is 0 Å². The van der Waals surface area contributed by atoms with Crippen molar-refractivity contribution in [1.82, 2.24) is 5.32 Å². The van der Waals surface area contributed by atoms with Gasteiger partial charge in [0.25, 0.3) is 5.91 Å². The van der Waals surface area contributed by atoms with Crippen LogP contribution in [0.15, 0.2) is 29.2 Å². The average Bonchev–Trinajstić information content (AvgIpc) is 2.42. The molecular weight excluding hydrogens is 266 g/mol. The van der Waals surface area contributed by atoms with E-state index in [1.54, 1.807) is 11.8 Å². The fraction of sp³-hybridized carbons (Fsp3) is 0.588. The second-order valence-electron chi connectivity index (χ2n) is 5.44. The van der Waals surface area contributed by atoms with Crippen molar-refractivity contribution >= 4 is 17.7 Å². The lowest BCUT2D eigenvalue weighted by Gasteiger charge is -2.21. The Bertz CT molecular complexity index is 425. The van der Waals surface area contributed by atoms with Gasteiger partial charge in [0, 0.05) is 10.9 Å². The van der Waals surface area contributed by atoms with E-state index in [1.165, 1.54) is 32.1 Å². The highest BCUT2D eigenvalue weighted by molar-refractivity contribution is 7.99. The second kappa shape index (κ2) is 8.35. The van der Waals surface area contributed by atoms with Gasteiger partial charge >= 0.3 is 0 Å². The van der Waals surface area contributed by atoms with Gasteiger partial charge in [0.15, 0.2) is 0 Å². The number of carbonyl (C=O) groups excluding carboxylic acids is 1. The van der Waals surface area contributed by atoms with Crippen LogP contribution in [0.5, 0.6) is 0 Å². The van der Waals surface area contributed by atoms with E-state index in [2.05, 4.69) is 12.2 Å². The van der Waals surface area contributed by atoms with E-state index >= 15 is 0 Å². The smallest absolute Gasteiger partial charge is 0.252 e. The first-order valence-corrected chi connectivity index (χ1v) is 8.82. The van der Waals surface area contributed by atoms with Gasteiger partial charge in [-0.15, -0.1) is 11.8 Å². The summed E-state index contributed by atoms with van der Waals surface area (Å²) in [5.74, 6) is 1.10. The number of rotatable bonds is 4. The molecule has 1 amide bonds. The van der Waals surface area contributed by atoms with Gasteiger partial charge in [-0.25, -0.2) is 0 Å². The summed E-state index contributed by atoms with van der Waals surface area (Å²) >= 11 is 1.74. The lowest BCUT2D eigenvalue weighted by Crippen LogP contribution is -2.35. The summed E-state index contributed by atoms with van der Waals surface area (Å²) < 4.78 is 0. The molecule has 1 saturated carbocycles. The molecule has 1 aliphatic rings. The Kier molecular flexibility index (Phi) is 6.44. The van der Waals surface area contributed by atoms with E-state index in [-0.39, 0.29) is 5.91 Å². The van der Waals surface area contributed by atoms with Gasteiger partial charge in [-0.1, -0.05) is 51.2 Å². The minimum Gasteiger partial charge on any atom is -0.349 e. The lowest BCUT2D eigenvalue weighted by molar-refractivity contribution is 0.0927. The molecule has 1 N–H and O–H groups in total. The van der Waals surface area contributed by atoms with Crippen molar-refractivity contribution in [3.05, 3.63) is 29.8 Å². The van der Waals surface area contributed by atoms with Crippen LogP contribution >= 0.6 is 11.8 Å². The normalized spacial score (nSPS) is 17.2. The molecule has 3 heteroatoms. The van der Waals surface area contributed by atoms with E-state index in [0.717, 1.165) is 29.1 Å². The summed E-state index contributed by atoms with van der Waals surface area (Å²) in [7, 11) is 0. The summed E-state index contributed by atoms with van der Waals surface area (Å²) in [6.07, 6.45) is 8.75. The molecule has 1 aliphatic carbocycles. The summed E-state index contributed by atoms with van der Waals surface area (Å²) in [5.41, 5.74) is 0.835. The molecule has 0 spiro atoms. The Balaban J connectivity index is 1.99. The zero-order valence-corrected chi connectivity index (χ0v) is 13.2. The molecule has 0 saturated heterocycles. The fourth-order valence-electron chi connectivity index (χ4n) is 2.80. The minimum atomic E-state index is 0.104. The molecule has 0 bridgehead atoms. The van der Waals surface area contributed by atoms with E-state index < -0.39 is 0 Å². The number of hydrogen-bond acceptors (Lipinski definition) is 2. The zero-order valence-electron chi connectivity index (χ0n) is 12.4. The Morgan fingerprint density at radius 1 is 1.15 bits per heavy atom. The Hall–Kier alpha value is -0.960. The Morgan fingerprint density at radius 2 is 1.80 bits per heavy atom. The van der Waals surface area contributed by atoms with Crippen LogP contribution in [0, 0.1) is 0 Å². The van der Waals surface area contributed by atoms with Crippen LogP contribution in [-0.2, 0) is 0 Å². The van der Waals surface area contributed by atoms with Crippen LogP contribution in [0.25, 0.3) is 0 Å². The lowest BCUT2D eigenvalue weighted by atomic mass is 9.96. The van der Waals surface area contributed by atoms with Gasteiger partial charge in [0.1, 0.15) is 0 Å². The standard InChI is InChI=1S/C17H25NOS/c1-2-20-16-13-9-8-12-15(16)17(19)18-14-10-6-4-3-5-7-11-14/h8-9,12-14H,2-7,10-11H2,1H3,(H,18,19). The van der Waals surface area contributed by atoms with Crippen LogP contribution in [0.3, 0.4) is 0 Å². The van der Waals surface area contributed by atoms with Crippen LogP contribution in [-0.4, -0.2) is 17.7 Å². The highest BCUT2D eigenvalue weighted by Crippen LogP contribution is 2.23. The average molecular weight is 291 g/mol. The number of thioether (sulfide) groups is 1. The van der Waals surface area contributed by atoms with Gasteiger partial charge in [-0.3, -0.25) is 4.79 Å². The summed E-state index contributed by atoms with van der Waals surface area (Å²) in [6.45, 7) is 2.12. The number of benzene rings is 1. The molecule has 2 nitrogen and oxygen atoms in total. The highest BCUT2D eigenvalue weighted by atomic mass is 32.2. The molecule has 0 aliphatic heterocycles. The molecule has 0 unspecified atom stereocenters. The number of amides is 1. The van der Waals surface area contributed by atoms with Gasteiger partial charge < -0.3 is 5.32 Å². The minimum absolute atomic E-state index is 0.104. The first-order valence-electron chi connectivity index (χ1n) is 7.84. The molecule has 110 valence electrons. The van der Waals surface area contributed by atoms with Crippen LogP contribution in [0.4, 0.5) is 0 Å². The maximum atomic E-state index is 12.5. The summed E-state index contributed by atoms with van der Waals surface area (Å²) in [6, 6.07) is 8.30. The highest BCUT2D eigenvalue weighted by Gasteiger charge is 2.17. The molecular formula is C17H25NOS.